The minimum Gasteiger partial charge on any atom is -0.493 e. The summed E-state index contributed by atoms with van der Waals surface area (Å²) in [5, 5.41) is 2.88. The standard InChI is InChI=1S/C25H30N2O4/c1-18(2)17-31-22-12-8-19(15-23(22)30-3)9-13-24(28)26-16-20-6-10-21(11-7-20)27-14-4-5-25(27)29/h6-13,15,18H,4-5,14,16-17H2,1-3H3,(H,26,28)/b13-9+. The van der Waals surface area contributed by atoms with Crippen molar-refractivity contribution in [3.63, 3.8) is 0 Å². The average molecular weight is 423 g/mol. The van der Waals surface area contributed by atoms with Crippen LogP contribution in [-0.2, 0) is 16.1 Å². The van der Waals surface area contributed by atoms with Crippen molar-refractivity contribution in [3.05, 3.63) is 59.7 Å². The lowest BCUT2D eigenvalue weighted by molar-refractivity contribution is -0.117. The van der Waals surface area contributed by atoms with E-state index in [9.17, 15) is 9.59 Å². The maximum atomic E-state index is 12.2. The molecule has 0 bridgehead atoms. The second-order valence-electron chi connectivity index (χ2n) is 7.98. The van der Waals surface area contributed by atoms with Crippen LogP contribution in [0.2, 0.25) is 0 Å². The van der Waals surface area contributed by atoms with Gasteiger partial charge in [-0.2, -0.15) is 0 Å². The minimum atomic E-state index is -0.183. The van der Waals surface area contributed by atoms with Crippen molar-refractivity contribution in [1.82, 2.24) is 5.32 Å². The van der Waals surface area contributed by atoms with Crippen molar-refractivity contribution in [3.8, 4) is 11.5 Å². The van der Waals surface area contributed by atoms with E-state index in [-0.39, 0.29) is 11.8 Å². The van der Waals surface area contributed by atoms with Crippen LogP contribution < -0.4 is 19.7 Å². The Morgan fingerprint density at radius 3 is 2.58 bits per heavy atom. The Kier molecular flexibility index (Phi) is 7.70. The van der Waals surface area contributed by atoms with Crippen molar-refractivity contribution < 1.29 is 19.1 Å². The first kappa shape index (κ1) is 22.4. The zero-order valence-electron chi connectivity index (χ0n) is 18.4. The fourth-order valence-corrected chi connectivity index (χ4v) is 3.30. The highest BCUT2D eigenvalue weighted by atomic mass is 16.5. The normalized spacial score (nSPS) is 13.8. The Hall–Kier alpha value is -3.28. The first-order chi connectivity index (χ1) is 15.0. The summed E-state index contributed by atoms with van der Waals surface area (Å²) in [4.78, 5) is 25.8. The molecule has 2 aromatic rings. The van der Waals surface area contributed by atoms with Crippen LogP contribution in [0.4, 0.5) is 5.69 Å². The summed E-state index contributed by atoms with van der Waals surface area (Å²) in [7, 11) is 1.60. The van der Waals surface area contributed by atoms with E-state index >= 15 is 0 Å². The average Bonchev–Trinajstić information content (AvgIpc) is 3.21. The van der Waals surface area contributed by atoms with Crippen molar-refractivity contribution in [2.45, 2.75) is 33.2 Å². The number of methoxy groups -OCH3 is 1. The SMILES string of the molecule is COc1cc(/C=C/C(=O)NCc2ccc(N3CCCC3=O)cc2)ccc1OCC(C)C. The zero-order chi connectivity index (χ0) is 22.2. The van der Waals surface area contributed by atoms with Gasteiger partial charge in [-0.05, 0) is 53.8 Å². The number of carbonyl (C=O) groups excluding carboxylic acids is 2. The Labute approximate surface area is 183 Å². The third-order valence-corrected chi connectivity index (χ3v) is 4.98. The van der Waals surface area contributed by atoms with E-state index in [1.54, 1.807) is 18.1 Å². The molecule has 164 valence electrons. The first-order valence-corrected chi connectivity index (χ1v) is 10.6. The quantitative estimate of drug-likeness (QED) is 0.616. The number of anilines is 1. The highest BCUT2D eigenvalue weighted by Crippen LogP contribution is 2.29. The summed E-state index contributed by atoms with van der Waals surface area (Å²) < 4.78 is 11.2. The fraction of sp³-hybridized carbons (Fsp3) is 0.360. The highest BCUT2D eigenvalue weighted by Gasteiger charge is 2.21. The monoisotopic (exact) mass is 422 g/mol. The lowest BCUT2D eigenvalue weighted by Gasteiger charge is -2.16. The third-order valence-electron chi connectivity index (χ3n) is 4.98. The van der Waals surface area contributed by atoms with Crippen LogP contribution in [0.5, 0.6) is 11.5 Å². The summed E-state index contributed by atoms with van der Waals surface area (Å²) in [6, 6.07) is 13.3. The van der Waals surface area contributed by atoms with Gasteiger partial charge in [-0.3, -0.25) is 9.59 Å². The van der Waals surface area contributed by atoms with Gasteiger partial charge in [0.2, 0.25) is 11.8 Å². The summed E-state index contributed by atoms with van der Waals surface area (Å²) in [6.45, 7) is 5.98. The van der Waals surface area contributed by atoms with Gasteiger partial charge in [0.1, 0.15) is 0 Å². The molecular formula is C25H30N2O4. The number of nitrogens with one attached hydrogen (secondary N) is 1. The molecule has 1 aliphatic rings. The van der Waals surface area contributed by atoms with E-state index in [0.717, 1.165) is 29.8 Å². The number of hydrogen-bond acceptors (Lipinski definition) is 4. The number of nitrogens with zero attached hydrogens (tertiary/aromatic N) is 1. The predicted molar refractivity (Wildman–Crippen MR) is 122 cm³/mol. The van der Waals surface area contributed by atoms with Crippen LogP contribution in [0.3, 0.4) is 0 Å². The first-order valence-electron chi connectivity index (χ1n) is 10.6. The smallest absolute Gasteiger partial charge is 0.244 e. The van der Waals surface area contributed by atoms with Crippen LogP contribution in [-0.4, -0.2) is 32.1 Å². The van der Waals surface area contributed by atoms with Crippen LogP contribution in [0.25, 0.3) is 6.08 Å². The molecular weight excluding hydrogens is 392 g/mol. The van der Waals surface area contributed by atoms with Gasteiger partial charge in [0, 0.05) is 31.3 Å². The fourth-order valence-electron chi connectivity index (χ4n) is 3.30. The van der Waals surface area contributed by atoms with Crippen LogP contribution >= 0.6 is 0 Å². The zero-order valence-corrected chi connectivity index (χ0v) is 18.4. The molecule has 0 saturated carbocycles. The molecule has 3 rings (SSSR count). The lowest BCUT2D eigenvalue weighted by Crippen LogP contribution is -2.23. The molecule has 31 heavy (non-hydrogen) atoms. The van der Waals surface area contributed by atoms with Gasteiger partial charge in [-0.1, -0.05) is 32.0 Å². The number of hydrogen-bond donors (Lipinski definition) is 1. The maximum Gasteiger partial charge on any atom is 0.244 e. The van der Waals surface area contributed by atoms with E-state index < -0.39 is 0 Å². The maximum absolute atomic E-state index is 12.2. The largest absolute Gasteiger partial charge is 0.493 e. The third kappa shape index (κ3) is 6.35. The van der Waals surface area contributed by atoms with Gasteiger partial charge in [0.25, 0.3) is 0 Å². The van der Waals surface area contributed by atoms with Crippen molar-refractivity contribution >= 4 is 23.6 Å². The molecule has 1 fully saturated rings. The van der Waals surface area contributed by atoms with Crippen molar-refractivity contribution in [2.24, 2.45) is 5.92 Å². The Bertz CT molecular complexity index is 935. The number of ether oxygens (including phenoxy) is 2. The van der Waals surface area contributed by atoms with Crippen LogP contribution in [0.1, 0.15) is 37.8 Å². The van der Waals surface area contributed by atoms with Gasteiger partial charge < -0.3 is 19.7 Å². The molecule has 1 saturated heterocycles. The molecule has 0 aromatic heterocycles. The van der Waals surface area contributed by atoms with Gasteiger partial charge in [-0.15, -0.1) is 0 Å². The number of benzene rings is 2. The molecule has 0 radical (unpaired) electrons. The van der Waals surface area contributed by atoms with Gasteiger partial charge in [0.05, 0.1) is 13.7 Å². The van der Waals surface area contributed by atoms with E-state index in [1.807, 2.05) is 42.5 Å². The second-order valence-corrected chi connectivity index (χ2v) is 7.98. The topological polar surface area (TPSA) is 67.9 Å². The minimum absolute atomic E-state index is 0.169. The molecule has 1 aliphatic heterocycles. The molecule has 2 amide bonds. The highest BCUT2D eigenvalue weighted by molar-refractivity contribution is 5.95. The molecule has 0 aliphatic carbocycles. The van der Waals surface area contributed by atoms with Gasteiger partial charge in [-0.25, -0.2) is 0 Å². The van der Waals surface area contributed by atoms with Crippen LogP contribution in [0, 0.1) is 5.92 Å². The molecule has 6 heteroatoms. The van der Waals surface area contributed by atoms with E-state index in [4.69, 9.17) is 9.47 Å². The van der Waals surface area contributed by atoms with Crippen molar-refractivity contribution in [1.29, 1.82) is 0 Å². The number of rotatable bonds is 9. The molecule has 0 spiro atoms. The van der Waals surface area contributed by atoms with E-state index in [1.165, 1.54) is 6.08 Å². The predicted octanol–water partition coefficient (Wildman–Crippen LogP) is 4.19. The summed E-state index contributed by atoms with van der Waals surface area (Å²) >= 11 is 0. The summed E-state index contributed by atoms with van der Waals surface area (Å²) in [6.07, 6.45) is 4.76. The van der Waals surface area contributed by atoms with E-state index in [2.05, 4.69) is 19.2 Å². The summed E-state index contributed by atoms with van der Waals surface area (Å²) in [5.74, 6) is 1.74. The van der Waals surface area contributed by atoms with Crippen molar-refractivity contribution in [2.75, 3.05) is 25.2 Å². The molecule has 0 atom stereocenters. The van der Waals surface area contributed by atoms with Gasteiger partial charge in [0.15, 0.2) is 11.5 Å². The molecule has 1 N–H and O–H groups in total. The van der Waals surface area contributed by atoms with Crippen LogP contribution in [0.15, 0.2) is 48.5 Å². The molecule has 0 unspecified atom stereocenters. The summed E-state index contributed by atoms with van der Waals surface area (Å²) in [5.41, 5.74) is 2.74. The second kappa shape index (κ2) is 10.7. The lowest BCUT2D eigenvalue weighted by atomic mass is 10.1. The molecule has 6 nitrogen and oxygen atoms in total. The molecule has 1 heterocycles. The van der Waals surface area contributed by atoms with E-state index in [0.29, 0.717) is 37.0 Å². The van der Waals surface area contributed by atoms with Gasteiger partial charge >= 0.3 is 0 Å². The number of carbonyl (C=O) groups is 2. The Balaban J connectivity index is 1.52. The Morgan fingerprint density at radius 1 is 1.16 bits per heavy atom. The molecule has 2 aromatic carbocycles. The Morgan fingerprint density at radius 2 is 1.94 bits per heavy atom. The number of amides is 2.